The van der Waals surface area contributed by atoms with Gasteiger partial charge in [0, 0.05) is 16.9 Å². The van der Waals surface area contributed by atoms with Crippen molar-refractivity contribution in [2.24, 2.45) is 0 Å². The van der Waals surface area contributed by atoms with Gasteiger partial charge in [0.2, 0.25) is 5.78 Å². The third-order valence-electron chi connectivity index (χ3n) is 2.14. The number of nitrogens with zero attached hydrogens (tertiary/aromatic N) is 3. The molecule has 3 rings (SSSR count). The molecule has 14 heavy (non-hydrogen) atoms. The minimum Gasteiger partial charge on any atom is -0.284 e. The molecule has 0 saturated heterocycles. The molecule has 0 amide bonds. The summed E-state index contributed by atoms with van der Waals surface area (Å²) in [6, 6.07) is 7.90. The van der Waals surface area contributed by atoms with E-state index in [0.717, 1.165) is 21.3 Å². The van der Waals surface area contributed by atoms with Gasteiger partial charge in [-0.15, -0.1) is 0 Å². The molecule has 0 saturated carbocycles. The molecule has 3 nitrogen and oxygen atoms in total. The lowest BCUT2D eigenvalue weighted by Crippen LogP contribution is -1.85. The Morgan fingerprint density at radius 3 is 3.14 bits per heavy atom. The van der Waals surface area contributed by atoms with Gasteiger partial charge in [0.1, 0.15) is 0 Å². The van der Waals surface area contributed by atoms with Crippen LogP contribution in [0.3, 0.4) is 0 Å². The summed E-state index contributed by atoms with van der Waals surface area (Å²) in [5.41, 5.74) is 2.04. The number of fused-ring (bicyclic) bond motifs is 3. The summed E-state index contributed by atoms with van der Waals surface area (Å²) in [6.07, 6.45) is 3.71. The summed E-state index contributed by atoms with van der Waals surface area (Å²) in [6.45, 7) is 0. The average Bonchev–Trinajstić information content (AvgIpc) is 2.56. The first-order valence-electron chi connectivity index (χ1n) is 4.23. The Bertz CT molecular complexity index is 615. The Morgan fingerprint density at radius 1 is 1.29 bits per heavy atom. The first-order chi connectivity index (χ1) is 6.84. The van der Waals surface area contributed by atoms with Crippen LogP contribution >= 0.6 is 15.9 Å². The topological polar surface area (TPSA) is 30.2 Å². The SMILES string of the molecule is Brc1ccc2nc3ncccn3c2c1. The van der Waals surface area contributed by atoms with Crippen LogP contribution in [-0.2, 0) is 0 Å². The maximum absolute atomic E-state index is 4.39. The second kappa shape index (κ2) is 2.78. The highest BCUT2D eigenvalue weighted by Gasteiger charge is 2.03. The van der Waals surface area contributed by atoms with Crippen LogP contribution in [0.25, 0.3) is 16.8 Å². The van der Waals surface area contributed by atoms with E-state index < -0.39 is 0 Å². The van der Waals surface area contributed by atoms with Gasteiger partial charge >= 0.3 is 0 Å². The number of aromatic nitrogens is 3. The van der Waals surface area contributed by atoms with Crippen molar-refractivity contribution in [2.75, 3.05) is 0 Å². The van der Waals surface area contributed by atoms with E-state index in [-0.39, 0.29) is 0 Å². The van der Waals surface area contributed by atoms with Gasteiger partial charge in [-0.3, -0.25) is 4.40 Å². The number of hydrogen-bond acceptors (Lipinski definition) is 2. The van der Waals surface area contributed by atoms with Crippen LogP contribution in [0.1, 0.15) is 0 Å². The Balaban J connectivity index is 2.58. The summed E-state index contributed by atoms with van der Waals surface area (Å²) in [5, 5.41) is 0. The van der Waals surface area contributed by atoms with Crippen molar-refractivity contribution in [3.8, 4) is 0 Å². The van der Waals surface area contributed by atoms with Gasteiger partial charge in [-0.2, -0.15) is 0 Å². The van der Waals surface area contributed by atoms with Gasteiger partial charge in [-0.05, 0) is 24.3 Å². The molecule has 4 heteroatoms. The summed E-state index contributed by atoms with van der Waals surface area (Å²) in [5.74, 6) is 0.737. The smallest absolute Gasteiger partial charge is 0.234 e. The van der Waals surface area contributed by atoms with E-state index in [9.17, 15) is 0 Å². The quantitative estimate of drug-likeness (QED) is 0.612. The van der Waals surface area contributed by atoms with Crippen LogP contribution in [0, 0.1) is 0 Å². The van der Waals surface area contributed by atoms with Gasteiger partial charge in [-0.25, -0.2) is 9.97 Å². The highest BCUT2D eigenvalue weighted by Crippen LogP contribution is 2.19. The number of rotatable bonds is 0. The Hall–Kier alpha value is -1.42. The lowest BCUT2D eigenvalue weighted by molar-refractivity contribution is 1.13. The molecular weight excluding hydrogens is 242 g/mol. The normalized spacial score (nSPS) is 11.2. The van der Waals surface area contributed by atoms with Crippen LogP contribution in [0.4, 0.5) is 0 Å². The number of halogens is 1. The van der Waals surface area contributed by atoms with Gasteiger partial charge < -0.3 is 0 Å². The molecule has 0 aliphatic rings. The van der Waals surface area contributed by atoms with Crippen LogP contribution in [0.2, 0.25) is 0 Å². The van der Waals surface area contributed by atoms with E-state index in [1.165, 1.54) is 0 Å². The fraction of sp³-hybridized carbons (Fsp3) is 0. The highest BCUT2D eigenvalue weighted by molar-refractivity contribution is 9.10. The maximum atomic E-state index is 4.39. The first kappa shape index (κ1) is 7.94. The third kappa shape index (κ3) is 1.04. The third-order valence-corrected chi connectivity index (χ3v) is 2.64. The molecule has 0 aliphatic carbocycles. The zero-order valence-corrected chi connectivity index (χ0v) is 8.77. The largest absolute Gasteiger partial charge is 0.284 e. The molecule has 0 radical (unpaired) electrons. The van der Waals surface area contributed by atoms with Crippen molar-refractivity contribution in [1.29, 1.82) is 0 Å². The molecular formula is C10H6BrN3. The minimum atomic E-state index is 0.737. The van der Waals surface area contributed by atoms with Gasteiger partial charge in [-0.1, -0.05) is 15.9 Å². The lowest BCUT2D eigenvalue weighted by Gasteiger charge is -1.93. The van der Waals surface area contributed by atoms with Crippen LogP contribution in [0.15, 0.2) is 41.1 Å². The highest BCUT2D eigenvalue weighted by atomic mass is 79.9. The zero-order valence-electron chi connectivity index (χ0n) is 7.18. The van der Waals surface area contributed by atoms with E-state index in [4.69, 9.17) is 0 Å². The molecule has 0 aliphatic heterocycles. The number of imidazole rings is 1. The number of hydrogen-bond donors (Lipinski definition) is 0. The van der Waals surface area contributed by atoms with E-state index in [1.54, 1.807) is 6.20 Å². The van der Waals surface area contributed by atoms with Gasteiger partial charge in [0.05, 0.1) is 11.0 Å². The fourth-order valence-corrected chi connectivity index (χ4v) is 1.87. The summed E-state index contributed by atoms with van der Waals surface area (Å²) >= 11 is 3.44. The van der Waals surface area contributed by atoms with Crippen molar-refractivity contribution in [3.63, 3.8) is 0 Å². The molecule has 2 aromatic heterocycles. The minimum absolute atomic E-state index is 0.737. The molecule has 0 atom stereocenters. The van der Waals surface area contributed by atoms with Crippen LogP contribution < -0.4 is 0 Å². The van der Waals surface area contributed by atoms with Gasteiger partial charge in [0.15, 0.2) is 0 Å². The maximum Gasteiger partial charge on any atom is 0.234 e. The van der Waals surface area contributed by atoms with E-state index in [1.807, 2.05) is 34.9 Å². The Labute approximate surface area is 88.5 Å². The van der Waals surface area contributed by atoms with Crippen LogP contribution in [-0.4, -0.2) is 14.4 Å². The monoisotopic (exact) mass is 247 g/mol. The molecule has 3 aromatic rings. The van der Waals surface area contributed by atoms with Crippen molar-refractivity contribution in [1.82, 2.24) is 14.4 Å². The lowest BCUT2D eigenvalue weighted by atomic mass is 10.3. The second-order valence-electron chi connectivity index (χ2n) is 3.03. The predicted octanol–water partition coefficient (Wildman–Crippen LogP) is 2.65. The molecule has 68 valence electrons. The molecule has 0 bridgehead atoms. The van der Waals surface area contributed by atoms with Crippen LogP contribution in [0.5, 0.6) is 0 Å². The van der Waals surface area contributed by atoms with Crippen molar-refractivity contribution < 1.29 is 0 Å². The average molecular weight is 248 g/mol. The number of benzene rings is 1. The molecule has 2 heterocycles. The Morgan fingerprint density at radius 2 is 2.21 bits per heavy atom. The van der Waals surface area contributed by atoms with Crippen molar-refractivity contribution in [3.05, 3.63) is 41.1 Å². The van der Waals surface area contributed by atoms with Gasteiger partial charge in [0.25, 0.3) is 0 Å². The zero-order chi connectivity index (χ0) is 9.54. The van der Waals surface area contributed by atoms with E-state index in [2.05, 4.69) is 25.9 Å². The Kier molecular flexibility index (Phi) is 1.58. The fourth-order valence-electron chi connectivity index (χ4n) is 1.53. The standard InChI is InChI=1S/C10H6BrN3/c11-7-2-3-8-9(6-7)14-5-1-4-12-10(14)13-8/h1-6H. The van der Waals surface area contributed by atoms with E-state index in [0.29, 0.717) is 0 Å². The molecule has 0 unspecified atom stereocenters. The van der Waals surface area contributed by atoms with E-state index >= 15 is 0 Å². The first-order valence-corrected chi connectivity index (χ1v) is 5.02. The molecule has 0 N–H and O–H groups in total. The predicted molar refractivity (Wildman–Crippen MR) is 58.2 cm³/mol. The molecule has 0 spiro atoms. The van der Waals surface area contributed by atoms with Crippen molar-refractivity contribution in [2.45, 2.75) is 0 Å². The second-order valence-corrected chi connectivity index (χ2v) is 3.95. The van der Waals surface area contributed by atoms with Crippen molar-refractivity contribution >= 4 is 32.7 Å². The summed E-state index contributed by atoms with van der Waals surface area (Å²) < 4.78 is 3.02. The summed E-state index contributed by atoms with van der Waals surface area (Å²) in [7, 11) is 0. The molecule has 1 aromatic carbocycles. The molecule has 0 fully saturated rings. The summed E-state index contributed by atoms with van der Waals surface area (Å²) in [4.78, 5) is 8.57.